The van der Waals surface area contributed by atoms with Crippen LogP contribution in [-0.2, 0) is 4.79 Å². The van der Waals surface area contributed by atoms with E-state index in [4.69, 9.17) is 21.6 Å². The number of hydrogen-bond acceptors (Lipinski definition) is 4. The molecule has 3 aliphatic carbocycles. The van der Waals surface area contributed by atoms with Gasteiger partial charge in [0.1, 0.15) is 11.6 Å². The molecular formula is C27H24ClFN4O2. The summed E-state index contributed by atoms with van der Waals surface area (Å²) in [6.45, 7) is 0. The topological polar surface area (TPSA) is 90.9 Å². The minimum Gasteiger partial charge on any atom is -0.481 e. The van der Waals surface area contributed by atoms with Crippen LogP contribution in [0.5, 0.6) is 0 Å². The predicted molar refractivity (Wildman–Crippen MR) is 134 cm³/mol. The Labute approximate surface area is 206 Å². The first-order valence-electron chi connectivity index (χ1n) is 11.9. The van der Waals surface area contributed by atoms with Gasteiger partial charge < -0.3 is 15.4 Å². The smallest absolute Gasteiger partial charge is 0.308 e. The Balaban J connectivity index is 1.47. The first-order chi connectivity index (χ1) is 17.0. The standard InChI is InChI=1S/C27H24ClFN4O2/c28-17-10-18-19(13-30-25(18)20(29)11-17)26-31-21(14-4-2-1-3-5-14)12-22(33-26)32-24-16-8-6-15(7-9-16)23(24)27(34)35/h1-5,10-13,15-16,23-24,30H,6-9H2,(H,34,35)(H,31,32,33)/t15?,16?,23-,24+/m0/s1. The molecule has 0 spiro atoms. The summed E-state index contributed by atoms with van der Waals surface area (Å²) in [5, 5.41) is 14.4. The lowest BCUT2D eigenvalue weighted by Gasteiger charge is -2.47. The van der Waals surface area contributed by atoms with Crippen LogP contribution in [-0.4, -0.2) is 32.1 Å². The first kappa shape index (κ1) is 22.0. The van der Waals surface area contributed by atoms with Crippen molar-refractivity contribution in [3.63, 3.8) is 0 Å². The van der Waals surface area contributed by atoms with Gasteiger partial charge in [-0.3, -0.25) is 4.79 Å². The van der Waals surface area contributed by atoms with E-state index < -0.39 is 17.7 Å². The van der Waals surface area contributed by atoms with Crippen molar-refractivity contribution in [2.45, 2.75) is 31.7 Å². The van der Waals surface area contributed by atoms with E-state index in [1.54, 1.807) is 12.3 Å². The van der Waals surface area contributed by atoms with Crippen LogP contribution in [0.4, 0.5) is 10.2 Å². The normalized spacial score (nSPS) is 23.5. The number of carboxylic acids is 1. The molecule has 35 heavy (non-hydrogen) atoms. The fraction of sp³-hybridized carbons (Fsp3) is 0.296. The van der Waals surface area contributed by atoms with Crippen LogP contribution in [0.25, 0.3) is 33.5 Å². The van der Waals surface area contributed by atoms with Gasteiger partial charge in [0, 0.05) is 39.8 Å². The number of anilines is 1. The number of aromatic nitrogens is 3. The average Bonchev–Trinajstić information content (AvgIpc) is 3.29. The van der Waals surface area contributed by atoms with E-state index in [1.165, 1.54) is 6.07 Å². The molecule has 178 valence electrons. The number of carboxylic acid groups (broad SMARTS) is 1. The van der Waals surface area contributed by atoms with Crippen LogP contribution in [0.15, 0.2) is 54.7 Å². The number of nitrogens with one attached hydrogen (secondary N) is 2. The number of rotatable bonds is 5. The molecule has 7 rings (SSSR count). The third-order valence-electron chi connectivity index (χ3n) is 7.56. The number of aromatic amines is 1. The first-order valence-corrected chi connectivity index (χ1v) is 12.3. The van der Waals surface area contributed by atoms with E-state index in [9.17, 15) is 14.3 Å². The Bertz CT molecular complexity index is 1420. The number of H-pyrrole nitrogens is 1. The molecule has 8 heteroatoms. The van der Waals surface area contributed by atoms with Gasteiger partial charge in [0.25, 0.3) is 0 Å². The number of aliphatic carboxylic acids is 1. The Kier molecular flexibility index (Phi) is 5.44. The highest BCUT2D eigenvalue weighted by Gasteiger charge is 2.47. The van der Waals surface area contributed by atoms with Gasteiger partial charge in [-0.25, -0.2) is 14.4 Å². The number of fused-ring (bicyclic) bond motifs is 4. The third kappa shape index (κ3) is 3.93. The van der Waals surface area contributed by atoms with E-state index >= 15 is 0 Å². The minimum absolute atomic E-state index is 0.184. The van der Waals surface area contributed by atoms with E-state index in [0.29, 0.717) is 39.7 Å². The summed E-state index contributed by atoms with van der Waals surface area (Å²) in [6.07, 6.45) is 5.66. The maximum Gasteiger partial charge on any atom is 0.308 e. The molecule has 0 amide bonds. The number of halogens is 2. The monoisotopic (exact) mass is 490 g/mol. The van der Waals surface area contributed by atoms with E-state index in [0.717, 1.165) is 31.2 Å². The van der Waals surface area contributed by atoms with Crippen molar-refractivity contribution >= 4 is 34.3 Å². The van der Waals surface area contributed by atoms with Gasteiger partial charge in [0.05, 0.1) is 17.1 Å². The molecule has 2 aromatic heterocycles. The molecule has 4 aromatic rings. The molecular weight excluding hydrogens is 467 g/mol. The number of hydrogen-bond donors (Lipinski definition) is 3. The number of benzene rings is 2. The molecule has 2 heterocycles. The number of carbonyl (C=O) groups is 1. The zero-order valence-electron chi connectivity index (χ0n) is 18.8. The van der Waals surface area contributed by atoms with Gasteiger partial charge in [-0.2, -0.15) is 0 Å². The predicted octanol–water partition coefficient (Wildman–Crippen LogP) is 6.39. The summed E-state index contributed by atoms with van der Waals surface area (Å²) in [7, 11) is 0. The summed E-state index contributed by atoms with van der Waals surface area (Å²) in [5.74, 6) is -0.189. The molecule has 0 radical (unpaired) electrons. The Morgan fingerprint density at radius 2 is 1.80 bits per heavy atom. The summed E-state index contributed by atoms with van der Waals surface area (Å²) in [5.41, 5.74) is 2.57. The molecule has 2 atom stereocenters. The molecule has 0 aliphatic heterocycles. The second-order valence-electron chi connectivity index (χ2n) is 9.55. The number of nitrogens with zero attached hydrogens (tertiary/aromatic N) is 2. The van der Waals surface area contributed by atoms with Gasteiger partial charge in [0.15, 0.2) is 5.82 Å². The Hall–Kier alpha value is -3.45. The Morgan fingerprint density at radius 1 is 1.06 bits per heavy atom. The summed E-state index contributed by atoms with van der Waals surface area (Å²) >= 11 is 6.15. The third-order valence-corrected chi connectivity index (χ3v) is 7.78. The highest BCUT2D eigenvalue weighted by Crippen LogP contribution is 2.46. The lowest BCUT2D eigenvalue weighted by Crippen LogP contribution is -2.51. The highest BCUT2D eigenvalue weighted by molar-refractivity contribution is 6.31. The quantitative estimate of drug-likeness (QED) is 0.301. The molecule has 0 saturated heterocycles. The summed E-state index contributed by atoms with van der Waals surface area (Å²) < 4.78 is 14.5. The van der Waals surface area contributed by atoms with Gasteiger partial charge in [-0.15, -0.1) is 0 Å². The Morgan fingerprint density at radius 3 is 2.54 bits per heavy atom. The van der Waals surface area contributed by atoms with Crippen molar-refractivity contribution in [3.8, 4) is 22.6 Å². The molecule has 3 aliphatic rings. The fourth-order valence-corrected chi connectivity index (χ4v) is 6.13. The van der Waals surface area contributed by atoms with Crippen molar-refractivity contribution in [3.05, 3.63) is 65.6 Å². The molecule has 3 saturated carbocycles. The second-order valence-corrected chi connectivity index (χ2v) is 9.99. The van der Waals surface area contributed by atoms with Crippen LogP contribution in [0.2, 0.25) is 5.02 Å². The maximum atomic E-state index is 14.5. The van der Waals surface area contributed by atoms with Crippen molar-refractivity contribution < 1.29 is 14.3 Å². The molecule has 6 nitrogen and oxygen atoms in total. The lowest BCUT2D eigenvalue weighted by molar-refractivity contribution is -0.148. The van der Waals surface area contributed by atoms with Crippen molar-refractivity contribution in [1.29, 1.82) is 0 Å². The highest BCUT2D eigenvalue weighted by atomic mass is 35.5. The zero-order chi connectivity index (χ0) is 24.1. The van der Waals surface area contributed by atoms with Gasteiger partial charge in [-0.05, 0) is 49.7 Å². The van der Waals surface area contributed by atoms with E-state index in [2.05, 4.69) is 10.3 Å². The van der Waals surface area contributed by atoms with Crippen LogP contribution >= 0.6 is 11.6 Å². The van der Waals surface area contributed by atoms with E-state index in [-0.39, 0.29) is 17.0 Å². The molecule has 2 bridgehead atoms. The lowest BCUT2D eigenvalue weighted by atomic mass is 9.61. The van der Waals surface area contributed by atoms with Crippen molar-refractivity contribution in [2.24, 2.45) is 17.8 Å². The average molecular weight is 491 g/mol. The van der Waals surface area contributed by atoms with Gasteiger partial charge in [0.2, 0.25) is 0 Å². The molecule has 3 fully saturated rings. The zero-order valence-corrected chi connectivity index (χ0v) is 19.6. The molecule has 0 unspecified atom stereocenters. The van der Waals surface area contributed by atoms with Crippen molar-refractivity contribution in [2.75, 3.05) is 5.32 Å². The second kappa shape index (κ2) is 8.64. The van der Waals surface area contributed by atoms with Crippen LogP contribution < -0.4 is 5.32 Å². The van der Waals surface area contributed by atoms with E-state index in [1.807, 2.05) is 36.4 Å². The van der Waals surface area contributed by atoms with Crippen molar-refractivity contribution in [1.82, 2.24) is 15.0 Å². The SMILES string of the molecule is O=C(O)[C@H]1C2CCC(CC2)[C@H]1Nc1cc(-c2ccccc2)nc(-c2c[nH]c3c(F)cc(Cl)cc23)n1. The van der Waals surface area contributed by atoms with Gasteiger partial charge >= 0.3 is 5.97 Å². The maximum absolute atomic E-state index is 14.5. The molecule has 3 N–H and O–H groups in total. The van der Waals surface area contributed by atoms with Crippen LogP contribution in [0, 0.1) is 23.6 Å². The van der Waals surface area contributed by atoms with Crippen LogP contribution in [0.1, 0.15) is 25.7 Å². The molecule has 2 aromatic carbocycles. The fourth-order valence-electron chi connectivity index (χ4n) is 5.92. The summed E-state index contributed by atoms with van der Waals surface area (Å²) in [6, 6.07) is 14.4. The minimum atomic E-state index is -0.754. The largest absolute Gasteiger partial charge is 0.481 e. The van der Waals surface area contributed by atoms with Crippen LogP contribution in [0.3, 0.4) is 0 Å². The van der Waals surface area contributed by atoms with Gasteiger partial charge in [-0.1, -0.05) is 41.9 Å². The summed E-state index contributed by atoms with van der Waals surface area (Å²) in [4.78, 5) is 24.7.